The second-order valence-electron chi connectivity index (χ2n) is 6.66. The Kier molecular flexibility index (Phi) is 5.24. The summed E-state index contributed by atoms with van der Waals surface area (Å²) in [5.41, 5.74) is 2.93. The molecule has 1 aromatic carbocycles. The molecule has 4 nitrogen and oxygen atoms in total. The number of aryl methyl sites for hydroxylation is 1. The van der Waals surface area contributed by atoms with Gasteiger partial charge in [-0.15, -0.1) is 6.58 Å². The third kappa shape index (κ3) is 4.60. The van der Waals surface area contributed by atoms with Crippen LogP contribution >= 0.6 is 0 Å². The van der Waals surface area contributed by atoms with Gasteiger partial charge < -0.3 is 10.1 Å². The average Bonchev–Trinajstić information content (AvgIpc) is 2.79. The Bertz CT molecular complexity index is 547. The summed E-state index contributed by atoms with van der Waals surface area (Å²) in [6.07, 6.45) is 4.62. The molecule has 0 aromatic heterocycles. The van der Waals surface area contributed by atoms with E-state index in [1.807, 2.05) is 32.9 Å². The minimum Gasteiger partial charge on any atom is -0.444 e. The van der Waals surface area contributed by atoms with Gasteiger partial charge in [0.05, 0.1) is 0 Å². The quantitative estimate of drug-likeness (QED) is 0.633. The zero-order chi connectivity index (χ0) is 16.2. The van der Waals surface area contributed by atoms with Crippen LogP contribution < -0.4 is 10.6 Å². The first-order valence-corrected chi connectivity index (χ1v) is 7.86. The second kappa shape index (κ2) is 6.97. The molecule has 0 aliphatic heterocycles. The molecule has 1 atom stereocenters. The van der Waals surface area contributed by atoms with Crippen LogP contribution in [0.2, 0.25) is 0 Å². The molecule has 0 saturated carbocycles. The molecule has 1 amide bonds. The SMILES string of the molecule is C=CCCNC1CCc2cc(NC(=O)OC(C)(C)C)ccc21. The Hall–Kier alpha value is -1.81. The van der Waals surface area contributed by atoms with Crippen LogP contribution in [0, 0.1) is 0 Å². The van der Waals surface area contributed by atoms with Crippen LogP contribution in [-0.4, -0.2) is 18.2 Å². The summed E-state index contributed by atoms with van der Waals surface area (Å²) in [6, 6.07) is 6.50. The molecule has 1 aliphatic carbocycles. The van der Waals surface area contributed by atoms with Crippen LogP contribution in [0.25, 0.3) is 0 Å². The maximum Gasteiger partial charge on any atom is 0.412 e. The van der Waals surface area contributed by atoms with Gasteiger partial charge in [-0.05, 0) is 69.8 Å². The van der Waals surface area contributed by atoms with Crippen molar-refractivity contribution in [3.05, 3.63) is 42.0 Å². The first-order valence-electron chi connectivity index (χ1n) is 7.86. The van der Waals surface area contributed by atoms with Gasteiger partial charge in [-0.25, -0.2) is 4.79 Å². The van der Waals surface area contributed by atoms with Crippen molar-refractivity contribution >= 4 is 11.8 Å². The lowest BCUT2D eigenvalue weighted by Crippen LogP contribution is -2.27. The largest absolute Gasteiger partial charge is 0.444 e. The molecule has 1 unspecified atom stereocenters. The molecule has 1 aromatic rings. The number of rotatable bonds is 5. The van der Waals surface area contributed by atoms with E-state index in [0.29, 0.717) is 6.04 Å². The average molecular weight is 302 g/mol. The van der Waals surface area contributed by atoms with Gasteiger partial charge >= 0.3 is 6.09 Å². The topological polar surface area (TPSA) is 50.4 Å². The third-order valence-corrected chi connectivity index (χ3v) is 3.61. The number of benzene rings is 1. The van der Waals surface area contributed by atoms with E-state index >= 15 is 0 Å². The predicted molar refractivity (Wildman–Crippen MR) is 90.2 cm³/mol. The van der Waals surface area contributed by atoms with Gasteiger partial charge in [-0.1, -0.05) is 12.1 Å². The molecule has 0 radical (unpaired) electrons. The summed E-state index contributed by atoms with van der Waals surface area (Å²) >= 11 is 0. The van der Waals surface area contributed by atoms with Crippen molar-refractivity contribution in [1.82, 2.24) is 5.32 Å². The number of anilines is 1. The van der Waals surface area contributed by atoms with Gasteiger partial charge in [0.25, 0.3) is 0 Å². The van der Waals surface area contributed by atoms with E-state index in [0.717, 1.165) is 31.5 Å². The Balaban J connectivity index is 1.98. The summed E-state index contributed by atoms with van der Waals surface area (Å²) in [5, 5.41) is 6.35. The summed E-state index contributed by atoms with van der Waals surface area (Å²) in [7, 11) is 0. The van der Waals surface area contributed by atoms with E-state index in [4.69, 9.17) is 4.74 Å². The number of amides is 1. The van der Waals surface area contributed by atoms with Gasteiger partial charge in [0, 0.05) is 11.7 Å². The number of hydrogen-bond acceptors (Lipinski definition) is 3. The molecule has 2 rings (SSSR count). The van der Waals surface area contributed by atoms with Gasteiger partial charge in [0.1, 0.15) is 5.60 Å². The minimum atomic E-state index is -0.485. The molecule has 1 aliphatic rings. The highest BCUT2D eigenvalue weighted by Gasteiger charge is 2.22. The maximum atomic E-state index is 11.8. The third-order valence-electron chi connectivity index (χ3n) is 3.61. The zero-order valence-electron chi connectivity index (χ0n) is 13.7. The second-order valence-corrected chi connectivity index (χ2v) is 6.66. The van der Waals surface area contributed by atoms with Crippen molar-refractivity contribution in [2.45, 2.75) is 51.7 Å². The molecule has 0 fully saturated rings. The lowest BCUT2D eigenvalue weighted by molar-refractivity contribution is 0.0636. The van der Waals surface area contributed by atoms with Gasteiger partial charge in [-0.2, -0.15) is 0 Å². The number of carbonyl (C=O) groups excluding carboxylic acids is 1. The van der Waals surface area contributed by atoms with Gasteiger partial charge in [0.2, 0.25) is 0 Å². The molecule has 22 heavy (non-hydrogen) atoms. The standard InChI is InChI=1S/C18H26N2O2/c1-5-6-11-19-16-10-7-13-12-14(8-9-15(13)16)20-17(21)22-18(2,3)4/h5,8-9,12,16,19H,1,6-7,10-11H2,2-4H3,(H,20,21). The first-order chi connectivity index (χ1) is 10.4. The summed E-state index contributed by atoms with van der Waals surface area (Å²) in [5.74, 6) is 0. The zero-order valence-corrected chi connectivity index (χ0v) is 13.7. The summed E-state index contributed by atoms with van der Waals surface area (Å²) < 4.78 is 5.28. The molecular formula is C18H26N2O2. The monoisotopic (exact) mass is 302 g/mol. The number of hydrogen-bond donors (Lipinski definition) is 2. The van der Waals surface area contributed by atoms with E-state index in [-0.39, 0.29) is 0 Å². The fourth-order valence-electron chi connectivity index (χ4n) is 2.69. The highest BCUT2D eigenvalue weighted by atomic mass is 16.6. The van der Waals surface area contributed by atoms with Gasteiger partial charge in [-0.3, -0.25) is 5.32 Å². The fourth-order valence-corrected chi connectivity index (χ4v) is 2.69. The molecule has 0 bridgehead atoms. The molecule has 120 valence electrons. The molecule has 4 heteroatoms. The predicted octanol–water partition coefficient (Wildman–Crippen LogP) is 4.19. The van der Waals surface area contributed by atoms with E-state index in [9.17, 15) is 4.79 Å². The molecule has 0 saturated heterocycles. The number of ether oxygens (including phenoxy) is 1. The fraction of sp³-hybridized carbons (Fsp3) is 0.500. The summed E-state index contributed by atoms with van der Waals surface area (Å²) in [4.78, 5) is 11.8. The smallest absolute Gasteiger partial charge is 0.412 e. The van der Waals surface area contributed by atoms with Crippen molar-refractivity contribution < 1.29 is 9.53 Å². The lowest BCUT2D eigenvalue weighted by Gasteiger charge is -2.20. The molecular weight excluding hydrogens is 276 g/mol. The number of fused-ring (bicyclic) bond motifs is 1. The minimum absolute atomic E-state index is 0.408. The van der Waals surface area contributed by atoms with E-state index in [1.54, 1.807) is 0 Å². The first kappa shape index (κ1) is 16.6. The van der Waals surface area contributed by atoms with Crippen molar-refractivity contribution in [2.24, 2.45) is 0 Å². The van der Waals surface area contributed by atoms with Crippen LogP contribution in [0.5, 0.6) is 0 Å². The number of carbonyl (C=O) groups is 1. The molecule has 2 N–H and O–H groups in total. The molecule has 0 heterocycles. The van der Waals surface area contributed by atoms with E-state index in [1.165, 1.54) is 11.1 Å². The Morgan fingerprint density at radius 3 is 2.91 bits per heavy atom. The summed E-state index contributed by atoms with van der Waals surface area (Å²) in [6.45, 7) is 10.3. The van der Waals surface area contributed by atoms with Gasteiger partial charge in [0.15, 0.2) is 0 Å². The van der Waals surface area contributed by atoms with Crippen LogP contribution in [0.15, 0.2) is 30.9 Å². The van der Waals surface area contributed by atoms with Crippen LogP contribution in [0.3, 0.4) is 0 Å². The Labute approximate surface area is 132 Å². The van der Waals surface area contributed by atoms with Crippen LogP contribution in [-0.2, 0) is 11.2 Å². The van der Waals surface area contributed by atoms with Crippen LogP contribution in [0.1, 0.15) is 50.8 Å². The van der Waals surface area contributed by atoms with Crippen molar-refractivity contribution in [2.75, 3.05) is 11.9 Å². The maximum absolute atomic E-state index is 11.8. The van der Waals surface area contributed by atoms with Crippen molar-refractivity contribution in [3.63, 3.8) is 0 Å². The lowest BCUT2D eigenvalue weighted by atomic mass is 10.1. The normalized spacial score (nSPS) is 17.0. The highest BCUT2D eigenvalue weighted by molar-refractivity contribution is 5.85. The number of nitrogens with one attached hydrogen (secondary N) is 2. The molecule has 0 spiro atoms. The van der Waals surface area contributed by atoms with E-state index < -0.39 is 11.7 Å². The van der Waals surface area contributed by atoms with Crippen molar-refractivity contribution in [1.29, 1.82) is 0 Å². The Morgan fingerprint density at radius 1 is 1.45 bits per heavy atom. The van der Waals surface area contributed by atoms with E-state index in [2.05, 4.69) is 29.3 Å². The van der Waals surface area contributed by atoms with Crippen molar-refractivity contribution in [3.8, 4) is 0 Å². The Morgan fingerprint density at radius 2 is 2.23 bits per heavy atom. The highest BCUT2D eigenvalue weighted by Crippen LogP contribution is 2.33. The van der Waals surface area contributed by atoms with Crippen LogP contribution in [0.4, 0.5) is 10.5 Å².